The molecule has 0 saturated heterocycles. The number of aromatic nitrogens is 8. The van der Waals surface area contributed by atoms with E-state index in [0.717, 1.165) is 68.3 Å². The molecule has 0 N–H and O–H groups in total. The van der Waals surface area contributed by atoms with Crippen LogP contribution in [0.3, 0.4) is 0 Å². The SMILES string of the molecule is Cc1ccnc(-c2cc(C)cc(-n3nc(C)cc3C)n2)c1.Cc1ccnc(-c2cc(C)cc(-n3nc(C)cc3C)n2)c1.[Co+3]. The zero-order chi connectivity index (χ0) is 30.0. The predicted molar refractivity (Wildman–Crippen MR) is 167 cm³/mol. The first kappa shape index (κ1) is 31.5. The molecule has 0 atom stereocenters. The van der Waals surface area contributed by atoms with Crippen LogP contribution in [0.25, 0.3) is 34.4 Å². The Hall–Kier alpha value is -4.47. The fourth-order valence-corrected chi connectivity index (χ4v) is 4.85. The van der Waals surface area contributed by atoms with Crippen molar-refractivity contribution in [1.82, 2.24) is 39.5 Å². The van der Waals surface area contributed by atoms with Crippen molar-refractivity contribution >= 4 is 0 Å². The third kappa shape index (κ3) is 7.49. The van der Waals surface area contributed by atoms with Crippen molar-refractivity contribution in [2.24, 2.45) is 0 Å². The number of pyridine rings is 4. The van der Waals surface area contributed by atoms with Gasteiger partial charge in [0.05, 0.1) is 34.2 Å². The van der Waals surface area contributed by atoms with E-state index < -0.39 is 0 Å². The van der Waals surface area contributed by atoms with Gasteiger partial charge in [-0.3, -0.25) is 9.97 Å². The Morgan fingerprint density at radius 3 is 1.14 bits per heavy atom. The maximum atomic E-state index is 4.73. The summed E-state index contributed by atoms with van der Waals surface area (Å²) in [6, 6.07) is 20.4. The van der Waals surface area contributed by atoms with Gasteiger partial charge in [0.15, 0.2) is 11.6 Å². The number of hydrogen-bond donors (Lipinski definition) is 0. The van der Waals surface area contributed by atoms with Crippen molar-refractivity contribution in [2.45, 2.75) is 55.4 Å². The summed E-state index contributed by atoms with van der Waals surface area (Å²) in [5.41, 5.74) is 12.3. The summed E-state index contributed by atoms with van der Waals surface area (Å²) in [5.74, 6) is 1.66. The van der Waals surface area contributed by atoms with Gasteiger partial charge in [0.1, 0.15) is 0 Å². The van der Waals surface area contributed by atoms with Crippen LogP contribution >= 0.6 is 0 Å². The summed E-state index contributed by atoms with van der Waals surface area (Å²) in [7, 11) is 0. The van der Waals surface area contributed by atoms with Crippen molar-refractivity contribution < 1.29 is 16.8 Å². The summed E-state index contributed by atoms with van der Waals surface area (Å²) in [6.45, 7) is 16.3. The Kier molecular flexibility index (Phi) is 9.68. The molecule has 8 nitrogen and oxygen atoms in total. The summed E-state index contributed by atoms with van der Waals surface area (Å²) in [6.07, 6.45) is 3.63. The normalized spacial score (nSPS) is 10.6. The van der Waals surface area contributed by atoms with E-state index in [4.69, 9.17) is 9.97 Å². The van der Waals surface area contributed by atoms with Gasteiger partial charge in [0.25, 0.3) is 0 Å². The standard InChI is InChI=1S/2C17H18N4.Co/c2*1-11-5-6-18-15(7-11)16-8-12(2)9-17(19-16)21-14(4)10-13(3)20-21;/h2*5-10H,1-4H3;/q;;+3. The molecule has 6 rings (SSSR count). The molecule has 9 heteroatoms. The van der Waals surface area contributed by atoms with Crippen LogP contribution in [0.15, 0.2) is 73.1 Å². The minimum Gasteiger partial charge on any atom is -0.255 e. The van der Waals surface area contributed by atoms with Crippen LogP contribution in [0.5, 0.6) is 0 Å². The molecule has 0 aliphatic rings. The number of hydrogen-bond acceptors (Lipinski definition) is 6. The largest absolute Gasteiger partial charge is 3.00 e. The number of nitrogens with zero attached hydrogens (tertiary/aromatic N) is 8. The molecule has 6 aromatic rings. The average Bonchev–Trinajstić information content (AvgIpc) is 3.47. The monoisotopic (exact) mass is 615 g/mol. The van der Waals surface area contributed by atoms with Crippen LogP contribution in [0.4, 0.5) is 0 Å². The van der Waals surface area contributed by atoms with Gasteiger partial charge in [-0.15, -0.1) is 0 Å². The maximum absolute atomic E-state index is 4.73. The van der Waals surface area contributed by atoms with E-state index in [1.165, 1.54) is 11.1 Å². The molecular formula is C34H36CoN8+3. The molecule has 0 unspecified atom stereocenters. The first-order valence-corrected chi connectivity index (χ1v) is 14.0. The van der Waals surface area contributed by atoms with Gasteiger partial charge in [-0.2, -0.15) is 10.2 Å². The summed E-state index contributed by atoms with van der Waals surface area (Å²) in [5, 5.41) is 9.02. The Labute approximate surface area is 263 Å². The van der Waals surface area contributed by atoms with Crippen molar-refractivity contribution in [3.05, 3.63) is 118 Å². The second kappa shape index (κ2) is 13.2. The Bertz CT molecular complexity index is 1750. The van der Waals surface area contributed by atoms with Gasteiger partial charge in [-0.25, -0.2) is 19.3 Å². The third-order valence-corrected chi connectivity index (χ3v) is 6.72. The first-order valence-electron chi connectivity index (χ1n) is 14.0. The van der Waals surface area contributed by atoms with Gasteiger partial charge >= 0.3 is 16.8 Å². The van der Waals surface area contributed by atoms with Crippen molar-refractivity contribution in [3.63, 3.8) is 0 Å². The number of aryl methyl sites for hydroxylation is 8. The zero-order valence-corrected chi connectivity index (χ0v) is 26.9. The Balaban J connectivity index is 0.000000192. The molecule has 0 aliphatic heterocycles. The number of rotatable bonds is 4. The van der Waals surface area contributed by atoms with Crippen LogP contribution in [0.1, 0.15) is 45.0 Å². The van der Waals surface area contributed by atoms with Gasteiger partial charge in [0, 0.05) is 23.8 Å². The third-order valence-electron chi connectivity index (χ3n) is 6.72. The van der Waals surface area contributed by atoms with E-state index >= 15 is 0 Å². The van der Waals surface area contributed by atoms with E-state index in [-0.39, 0.29) is 16.8 Å². The van der Waals surface area contributed by atoms with E-state index in [9.17, 15) is 0 Å². The Morgan fingerprint density at radius 1 is 0.442 bits per heavy atom. The Morgan fingerprint density at radius 2 is 0.814 bits per heavy atom. The molecule has 218 valence electrons. The van der Waals surface area contributed by atoms with Crippen molar-refractivity contribution in [1.29, 1.82) is 0 Å². The van der Waals surface area contributed by atoms with Crippen molar-refractivity contribution in [2.75, 3.05) is 0 Å². The molecule has 0 fully saturated rings. The topological polar surface area (TPSA) is 87.2 Å². The summed E-state index contributed by atoms with van der Waals surface area (Å²) >= 11 is 0. The van der Waals surface area contributed by atoms with Gasteiger partial charge in [0.2, 0.25) is 0 Å². The molecule has 0 amide bonds. The zero-order valence-electron chi connectivity index (χ0n) is 25.8. The van der Waals surface area contributed by atoms with Gasteiger partial charge in [-0.05, 0) is 138 Å². The van der Waals surface area contributed by atoms with Crippen LogP contribution in [0, 0.1) is 55.4 Å². The molecule has 6 aromatic heterocycles. The smallest absolute Gasteiger partial charge is 0.255 e. The average molecular weight is 616 g/mol. The van der Waals surface area contributed by atoms with Crippen LogP contribution < -0.4 is 0 Å². The van der Waals surface area contributed by atoms with Gasteiger partial charge < -0.3 is 0 Å². The summed E-state index contributed by atoms with van der Waals surface area (Å²) < 4.78 is 3.75. The molecule has 0 radical (unpaired) electrons. The quantitative estimate of drug-likeness (QED) is 0.210. The molecule has 0 spiro atoms. The van der Waals surface area contributed by atoms with Crippen molar-refractivity contribution in [3.8, 4) is 34.4 Å². The first-order chi connectivity index (χ1) is 20.0. The minimum atomic E-state index is 0. The predicted octanol–water partition coefficient (Wildman–Crippen LogP) is 7.12. The van der Waals surface area contributed by atoms with Crippen LogP contribution in [0.2, 0.25) is 0 Å². The second-order valence-corrected chi connectivity index (χ2v) is 10.9. The summed E-state index contributed by atoms with van der Waals surface area (Å²) in [4.78, 5) is 18.3. The molecule has 0 aromatic carbocycles. The molecule has 6 heterocycles. The molecule has 0 aliphatic carbocycles. The van der Waals surface area contributed by atoms with Crippen LogP contribution in [-0.2, 0) is 16.8 Å². The fraction of sp³-hybridized carbons (Fsp3) is 0.235. The van der Waals surface area contributed by atoms with E-state index in [0.29, 0.717) is 0 Å². The fourth-order valence-electron chi connectivity index (χ4n) is 4.85. The van der Waals surface area contributed by atoms with E-state index in [1.54, 1.807) is 0 Å². The van der Waals surface area contributed by atoms with E-state index in [1.807, 2.05) is 85.9 Å². The van der Waals surface area contributed by atoms with Gasteiger partial charge in [-0.1, -0.05) is 0 Å². The van der Waals surface area contributed by atoms with Crippen LogP contribution in [-0.4, -0.2) is 39.5 Å². The molecular weight excluding hydrogens is 579 g/mol. The van der Waals surface area contributed by atoms with E-state index in [2.05, 4.69) is 72.1 Å². The molecule has 0 bridgehead atoms. The maximum Gasteiger partial charge on any atom is 3.00 e. The molecule has 43 heavy (non-hydrogen) atoms. The second-order valence-electron chi connectivity index (χ2n) is 10.9. The molecule has 0 saturated carbocycles. The minimum absolute atomic E-state index is 0.